The fourth-order valence-corrected chi connectivity index (χ4v) is 1.20. The van der Waals surface area contributed by atoms with E-state index in [1.807, 2.05) is 0 Å². The van der Waals surface area contributed by atoms with Crippen molar-refractivity contribution in [1.29, 1.82) is 0 Å². The van der Waals surface area contributed by atoms with Crippen molar-refractivity contribution >= 4 is 34.8 Å². The average molecular weight is 261 g/mol. The first-order chi connectivity index (χ1) is 7.50. The molecule has 1 amide bonds. The minimum atomic E-state index is -0.325. The van der Waals surface area contributed by atoms with Crippen LogP contribution in [0.15, 0.2) is 24.8 Å². The van der Waals surface area contributed by atoms with Crippen LogP contribution in [0, 0.1) is 0 Å². The van der Waals surface area contributed by atoms with E-state index in [4.69, 9.17) is 23.2 Å². The van der Waals surface area contributed by atoms with Gasteiger partial charge in [-0.15, -0.1) is 0 Å². The highest BCUT2D eigenvalue weighted by Gasteiger charge is 2.03. The van der Waals surface area contributed by atoms with E-state index in [9.17, 15) is 4.79 Å². The molecule has 0 aromatic heterocycles. The normalized spacial score (nSPS) is 9.69. The molecule has 6 heteroatoms. The number of amides is 1. The van der Waals surface area contributed by atoms with Crippen LogP contribution in [0.4, 0.5) is 0 Å². The van der Waals surface area contributed by atoms with E-state index in [-0.39, 0.29) is 5.91 Å². The maximum atomic E-state index is 10.5. The highest BCUT2D eigenvalue weighted by Crippen LogP contribution is 2.24. The van der Waals surface area contributed by atoms with Gasteiger partial charge in [0.2, 0.25) is 5.91 Å². The van der Waals surface area contributed by atoms with Crippen LogP contribution in [0.5, 0.6) is 0 Å². The van der Waals surface area contributed by atoms with Crippen LogP contribution in [0.3, 0.4) is 0 Å². The Hall–Kier alpha value is -1.23. The van der Waals surface area contributed by atoms with Gasteiger partial charge in [-0.25, -0.2) is 11.0 Å². The molecule has 0 fully saturated rings. The van der Waals surface area contributed by atoms with Gasteiger partial charge in [-0.05, 0) is 12.1 Å². The molecule has 0 aliphatic rings. The molecule has 0 atom stereocenters. The first-order valence-electron chi connectivity index (χ1n) is 4.33. The third-order valence-corrected chi connectivity index (χ3v) is 2.38. The summed E-state index contributed by atoms with van der Waals surface area (Å²) in [4.78, 5) is 15.2. The predicted molar refractivity (Wildman–Crippen MR) is 63.5 cm³/mol. The molecule has 16 heavy (non-hydrogen) atoms. The fourth-order valence-electron chi connectivity index (χ4n) is 0.902. The van der Waals surface area contributed by atoms with Gasteiger partial charge in [0, 0.05) is 12.5 Å². The zero-order valence-corrected chi connectivity index (χ0v) is 10.0. The summed E-state index contributed by atoms with van der Waals surface area (Å²) >= 11 is 11.6. The van der Waals surface area contributed by atoms with Gasteiger partial charge < -0.3 is 0 Å². The molecule has 0 saturated heterocycles. The molecule has 86 valence electrons. The minimum Gasteiger partial charge on any atom is -0.273 e. The van der Waals surface area contributed by atoms with Crippen LogP contribution in [-0.4, -0.2) is 5.91 Å². The predicted octanol–water partition coefficient (Wildman–Crippen LogP) is 2.54. The van der Waals surface area contributed by atoms with Gasteiger partial charge in [-0.3, -0.25) is 4.79 Å². The molecule has 1 aromatic carbocycles. The van der Waals surface area contributed by atoms with Gasteiger partial charge in [-0.1, -0.05) is 35.8 Å². The third kappa shape index (κ3) is 3.73. The first-order valence-corrected chi connectivity index (χ1v) is 5.09. The number of hydrogen-bond acceptors (Lipinski definition) is 3. The summed E-state index contributed by atoms with van der Waals surface area (Å²) in [5.74, 6) is -0.325. The summed E-state index contributed by atoms with van der Waals surface area (Å²) in [5, 5.41) is 0.877. The molecule has 0 aliphatic heterocycles. The summed E-state index contributed by atoms with van der Waals surface area (Å²) in [5.41, 5.74) is 5.71. The Balaban J connectivity index is 2.59. The van der Waals surface area contributed by atoms with E-state index in [1.165, 1.54) is 6.92 Å². The zero-order valence-electron chi connectivity index (χ0n) is 8.51. The van der Waals surface area contributed by atoms with Crippen LogP contribution in [-0.2, 0) is 9.73 Å². The highest BCUT2D eigenvalue weighted by atomic mass is 35.5. The quantitative estimate of drug-likeness (QED) is 0.819. The third-order valence-electron chi connectivity index (χ3n) is 1.64. The molecular formula is C10H10Cl2N2O2. The van der Waals surface area contributed by atoms with Gasteiger partial charge >= 0.3 is 0 Å². The van der Waals surface area contributed by atoms with Crippen molar-refractivity contribution in [2.24, 2.45) is 0 Å². The first kappa shape index (κ1) is 12.8. The van der Waals surface area contributed by atoms with E-state index in [0.29, 0.717) is 21.3 Å². The zero-order chi connectivity index (χ0) is 12.1. The fraction of sp³-hybridized carbons (Fsp3) is 0.100. The van der Waals surface area contributed by atoms with Gasteiger partial charge in [0.05, 0.1) is 15.7 Å². The highest BCUT2D eigenvalue weighted by molar-refractivity contribution is 6.42. The largest absolute Gasteiger partial charge is 0.273 e. The van der Waals surface area contributed by atoms with E-state index >= 15 is 0 Å². The van der Waals surface area contributed by atoms with Crippen LogP contribution in [0.1, 0.15) is 12.5 Å². The Bertz CT molecular complexity index is 421. The minimum absolute atomic E-state index is 0.325. The molecule has 2 N–H and O–H groups in total. The number of nitrogens with one attached hydrogen (secondary N) is 2. The standard InChI is InChI=1S/C10H10Cl2N2O2/c1-6(13-16-14-7(2)15)8-3-4-9(11)10(12)5-8/h3-5,13H,1H2,2H3,(H,14,15). The molecule has 0 heterocycles. The van der Waals surface area contributed by atoms with Crippen LogP contribution >= 0.6 is 23.2 Å². The lowest BCUT2D eigenvalue weighted by Crippen LogP contribution is -2.28. The van der Waals surface area contributed by atoms with Crippen molar-refractivity contribution in [2.45, 2.75) is 6.92 Å². The molecule has 4 nitrogen and oxygen atoms in total. The molecule has 0 spiro atoms. The number of rotatable bonds is 4. The monoisotopic (exact) mass is 260 g/mol. The van der Waals surface area contributed by atoms with E-state index in [1.54, 1.807) is 18.2 Å². The van der Waals surface area contributed by atoms with Gasteiger partial charge in [-0.2, -0.15) is 4.94 Å². The van der Waals surface area contributed by atoms with Crippen molar-refractivity contribution < 1.29 is 9.73 Å². The Morgan fingerprint density at radius 2 is 2.00 bits per heavy atom. The number of benzene rings is 1. The second-order valence-electron chi connectivity index (χ2n) is 2.97. The number of carbonyl (C=O) groups is 1. The summed E-state index contributed by atoms with van der Waals surface area (Å²) in [6.07, 6.45) is 0. The van der Waals surface area contributed by atoms with Gasteiger partial charge in [0.15, 0.2) is 0 Å². The SMILES string of the molecule is C=C(NONC(C)=O)c1ccc(Cl)c(Cl)c1. The second-order valence-corrected chi connectivity index (χ2v) is 3.78. The lowest BCUT2D eigenvalue weighted by molar-refractivity contribution is -0.135. The van der Waals surface area contributed by atoms with Crippen LogP contribution in [0.25, 0.3) is 5.70 Å². The van der Waals surface area contributed by atoms with Crippen molar-refractivity contribution in [1.82, 2.24) is 11.0 Å². The Morgan fingerprint density at radius 3 is 2.56 bits per heavy atom. The van der Waals surface area contributed by atoms with Crippen LogP contribution in [0.2, 0.25) is 10.0 Å². The summed E-state index contributed by atoms with van der Waals surface area (Å²) in [6.45, 7) is 5.03. The maximum Gasteiger partial charge on any atom is 0.242 e. The Labute approximate surface area is 103 Å². The summed E-state index contributed by atoms with van der Waals surface area (Å²) in [7, 11) is 0. The number of halogens is 2. The van der Waals surface area contributed by atoms with Crippen molar-refractivity contribution in [3.8, 4) is 0 Å². The molecule has 0 radical (unpaired) electrons. The number of hydroxylamine groups is 2. The maximum absolute atomic E-state index is 10.5. The van der Waals surface area contributed by atoms with E-state index in [2.05, 4.69) is 22.5 Å². The van der Waals surface area contributed by atoms with Crippen molar-refractivity contribution in [3.05, 3.63) is 40.4 Å². The van der Waals surface area contributed by atoms with E-state index < -0.39 is 0 Å². The molecular weight excluding hydrogens is 251 g/mol. The number of hydrogen-bond donors (Lipinski definition) is 2. The van der Waals surface area contributed by atoms with Crippen molar-refractivity contribution in [2.75, 3.05) is 0 Å². The van der Waals surface area contributed by atoms with Gasteiger partial charge in [0.25, 0.3) is 0 Å². The topological polar surface area (TPSA) is 50.4 Å². The van der Waals surface area contributed by atoms with Crippen molar-refractivity contribution in [3.63, 3.8) is 0 Å². The lowest BCUT2D eigenvalue weighted by atomic mass is 10.2. The summed E-state index contributed by atoms with van der Waals surface area (Å²) in [6, 6.07) is 5.00. The lowest BCUT2D eigenvalue weighted by Gasteiger charge is -2.09. The molecule has 0 aliphatic carbocycles. The molecule has 1 aromatic rings. The molecule has 1 rings (SSSR count). The Morgan fingerprint density at radius 1 is 1.31 bits per heavy atom. The summed E-state index contributed by atoms with van der Waals surface area (Å²) < 4.78 is 0. The Kier molecular flexibility index (Phi) is 4.61. The molecule has 0 bridgehead atoms. The van der Waals surface area contributed by atoms with Gasteiger partial charge in [0.1, 0.15) is 0 Å². The smallest absolute Gasteiger partial charge is 0.242 e. The molecule has 0 unspecified atom stereocenters. The second kappa shape index (κ2) is 5.75. The average Bonchev–Trinajstić information content (AvgIpc) is 2.21. The van der Waals surface area contributed by atoms with Crippen LogP contribution < -0.4 is 11.0 Å². The molecule has 0 saturated carbocycles. The van der Waals surface area contributed by atoms with E-state index in [0.717, 1.165) is 0 Å². The number of carbonyl (C=O) groups excluding carboxylic acids is 1.